The van der Waals surface area contributed by atoms with Crippen LogP contribution in [-0.2, 0) is 21.0 Å². The van der Waals surface area contributed by atoms with Crippen LogP contribution < -0.4 is 10.1 Å². The van der Waals surface area contributed by atoms with Crippen molar-refractivity contribution in [1.82, 2.24) is 10.0 Å². The molecule has 0 fully saturated rings. The third kappa shape index (κ3) is 4.32. The Kier molecular flexibility index (Phi) is 6.16. The van der Waals surface area contributed by atoms with Crippen LogP contribution >= 0.6 is 11.6 Å². The zero-order valence-corrected chi connectivity index (χ0v) is 17.7. The van der Waals surface area contributed by atoms with Crippen LogP contribution in [0.4, 0.5) is 5.69 Å². The average Bonchev–Trinajstić information content (AvgIpc) is 2.81. The Hall–Kier alpha value is -3.75. The number of anilines is 1. The first-order chi connectivity index (χ1) is 15.5. The topological polar surface area (TPSA) is 97.8 Å². The summed E-state index contributed by atoms with van der Waals surface area (Å²) in [5.74, 6) is -3.45. The standard InChI is InChI=1S/C23H18ClN3O5/c1-31-18-12-11-17-20(26-18)19(21(28)25-16-9-7-15(24)8-10-16)23(30)27(22(17)29)32-13-14-5-3-2-4-6-14/h2-12,19H,13H2,1H3,(H,25,28). The van der Waals surface area contributed by atoms with E-state index in [9.17, 15) is 14.4 Å². The molecule has 1 atom stereocenters. The van der Waals surface area contributed by atoms with Gasteiger partial charge in [-0.15, -0.1) is 5.06 Å². The Labute approximate surface area is 188 Å². The molecule has 1 unspecified atom stereocenters. The van der Waals surface area contributed by atoms with Crippen molar-refractivity contribution in [3.8, 4) is 5.88 Å². The minimum Gasteiger partial charge on any atom is -0.481 e. The van der Waals surface area contributed by atoms with Crippen LogP contribution in [0.25, 0.3) is 0 Å². The molecule has 4 rings (SSSR count). The van der Waals surface area contributed by atoms with Gasteiger partial charge >= 0.3 is 0 Å². The largest absolute Gasteiger partial charge is 0.481 e. The first-order valence-electron chi connectivity index (χ1n) is 9.64. The van der Waals surface area contributed by atoms with E-state index in [1.165, 1.54) is 19.2 Å². The van der Waals surface area contributed by atoms with Gasteiger partial charge < -0.3 is 10.1 Å². The van der Waals surface area contributed by atoms with Gasteiger partial charge in [0.25, 0.3) is 11.8 Å². The number of amides is 3. The maximum absolute atomic E-state index is 13.2. The quantitative estimate of drug-likeness (QED) is 0.454. The number of imide groups is 1. The lowest BCUT2D eigenvalue weighted by Gasteiger charge is -2.30. The van der Waals surface area contributed by atoms with Gasteiger partial charge in [-0.2, -0.15) is 0 Å². The van der Waals surface area contributed by atoms with Gasteiger partial charge in [-0.3, -0.25) is 19.2 Å². The molecule has 162 valence electrons. The second-order valence-corrected chi connectivity index (χ2v) is 7.35. The molecule has 1 aliphatic rings. The molecule has 0 aliphatic carbocycles. The fourth-order valence-electron chi connectivity index (χ4n) is 3.23. The van der Waals surface area contributed by atoms with Crippen LogP contribution in [0.15, 0.2) is 66.7 Å². The van der Waals surface area contributed by atoms with Gasteiger partial charge in [-0.25, -0.2) is 4.98 Å². The number of halogens is 1. The van der Waals surface area contributed by atoms with Crippen LogP contribution in [0.1, 0.15) is 27.5 Å². The van der Waals surface area contributed by atoms with Gasteiger partial charge in [-0.1, -0.05) is 41.9 Å². The van der Waals surface area contributed by atoms with Crippen molar-refractivity contribution in [3.05, 3.63) is 88.6 Å². The molecule has 9 heteroatoms. The highest BCUT2D eigenvalue weighted by molar-refractivity contribution is 6.30. The number of hydroxylamine groups is 2. The molecule has 1 N–H and O–H groups in total. The molecule has 2 aromatic carbocycles. The van der Waals surface area contributed by atoms with Crippen LogP contribution in [0.2, 0.25) is 5.02 Å². The second kappa shape index (κ2) is 9.17. The molecule has 3 aromatic rings. The molecule has 32 heavy (non-hydrogen) atoms. The minimum atomic E-state index is -1.41. The number of benzene rings is 2. The van der Waals surface area contributed by atoms with Crippen LogP contribution in [-0.4, -0.2) is 34.9 Å². The van der Waals surface area contributed by atoms with E-state index in [1.807, 2.05) is 18.2 Å². The number of hydrogen-bond donors (Lipinski definition) is 1. The van der Waals surface area contributed by atoms with Gasteiger partial charge in [0.2, 0.25) is 11.8 Å². The number of pyridine rings is 1. The van der Waals surface area contributed by atoms with Crippen molar-refractivity contribution in [2.75, 3.05) is 12.4 Å². The lowest BCUT2D eigenvalue weighted by atomic mass is 9.93. The van der Waals surface area contributed by atoms with E-state index in [4.69, 9.17) is 21.2 Å². The summed E-state index contributed by atoms with van der Waals surface area (Å²) in [6, 6.07) is 18.4. The van der Waals surface area contributed by atoms with Crippen molar-refractivity contribution in [3.63, 3.8) is 0 Å². The highest BCUT2D eigenvalue weighted by atomic mass is 35.5. The van der Waals surface area contributed by atoms with E-state index in [2.05, 4.69) is 10.3 Å². The highest BCUT2D eigenvalue weighted by Crippen LogP contribution is 2.31. The second-order valence-electron chi connectivity index (χ2n) is 6.91. The van der Waals surface area contributed by atoms with Crippen molar-refractivity contribution >= 4 is 35.0 Å². The number of carbonyl (C=O) groups excluding carboxylic acids is 3. The Morgan fingerprint density at radius 1 is 1.06 bits per heavy atom. The van der Waals surface area contributed by atoms with Gasteiger partial charge in [0.15, 0.2) is 5.92 Å². The smallest absolute Gasteiger partial charge is 0.286 e. The maximum atomic E-state index is 13.2. The zero-order valence-electron chi connectivity index (χ0n) is 16.9. The molecule has 1 aromatic heterocycles. The van der Waals surface area contributed by atoms with Crippen molar-refractivity contribution in [2.24, 2.45) is 0 Å². The summed E-state index contributed by atoms with van der Waals surface area (Å²) in [7, 11) is 1.40. The monoisotopic (exact) mass is 451 g/mol. The molecule has 0 radical (unpaired) electrons. The molecular weight excluding hydrogens is 434 g/mol. The van der Waals surface area contributed by atoms with Gasteiger partial charge in [-0.05, 0) is 35.9 Å². The predicted octanol–water partition coefficient (Wildman–Crippen LogP) is 3.58. The first kappa shape index (κ1) is 21.5. The number of carbonyl (C=O) groups is 3. The number of nitrogens with zero attached hydrogens (tertiary/aromatic N) is 2. The average molecular weight is 452 g/mol. The van der Waals surface area contributed by atoms with E-state index in [1.54, 1.807) is 36.4 Å². The molecule has 0 saturated carbocycles. The Bertz CT molecular complexity index is 1170. The maximum Gasteiger partial charge on any atom is 0.286 e. The summed E-state index contributed by atoms with van der Waals surface area (Å²) < 4.78 is 5.12. The number of methoxy groups -OCH3 is 1. The Morgan fingerprint density at radius 3 is 2.47 bits per heavy atom. The first-order valence-corrected chi connectivity index (χ1v) is 10.0. The summed E-state index contributed by atoms with van der Waals surface area (Å²) in [5.41, 5.74) is 1.28. The minimum absolute atomic E-state index is 0.00498. The summed E-state index contributed by atoms with van der Waals surface area (Å²) in [5, 5.41) is 3.78. The van der Waals surface area contributed by atoms with Crippen molar-refractivity contribution in [2.45, 2.75) is 12.5 Å². The SMILES string of the molecule is COc1ccc2c(n1)C(C(=O)Nc1ccc(Cl)cc1)C(=O)N(OCc1ccccc1)C2=O. The van der Waals surface area contributed by atoms with Gasteiger partial charge in [0.1, 0.15) is 6.61 Å². The van der Waals surface area contributed by atoms with Crippen molar-refractivity contribution < 1.29 is 24.0 Å². The molecule has 3 amide bonds. The Balaban J connectivity index is 1.67. The number of hydrogen-bond acceptors (Lipinski definition) is 6. The van der Waals surface area contributed by atoms with E-state index in [0.29, 0.717) is 15.8 Å². The summed E-state index contributed by atoms with van der Waals surface area (Å²) >= 11 is 5.89. The number of fused-ring (bicyclic) bond motifs is 1. The Morgan fingerprint density at radius 2 is 1.78 bits per heavy atom. The van der Waals surface area contributed by atoms with E-state index in [-0.39, 0.29) is 23.7 Å². The normalized spacial score (nSPS) is 15.3. The number of nitrogens with one attached hydrogen (secondary N) is 1. The number of aromatic nitrogens is 1. The summed E-state index contributed by atoms with van der Waals surface area (Å²) in [6.45, 7) is -0.0250. The third-order valence-corrected chi connectivity index (χ3v) is 5.07. The molecule has 2 heterocycles. The van der Waals surface area contributed by atoms with Crippen molar-refractivity contribution in [1.29, 1.82) is 0 Å². The van der Waals surface area contributed by atoms with Crippen LogP contribution in [0.3, 0.4) is 0 Å². The molecule has 0 spiro atoms. The number of rotatable bonds is 6. The molecular formula is C23H18ClN3O5. The fraction of sp³-hybridized carbons (Fsp3) is 0.130. The zero-order chi connectivity index (χ0) is 22.7. The van der Waals surface area contributed by atoms with E-state index >= 15 is 0 Å². The third-order valence-electron chi connectivity index (χ3n) is 4.82. The lowest BCUT2D eigenvalue weighted by molar-refractivity contribution is -0.177. The van der Waals surface area contributed by atoms with Gasteiger partial charge in [0, 0.05) is 16.8 Å². The van der Waals surface area contributed by atoms with Crippen LogP contribution in [0.5, 0.6) is 5.88 Å². The summed E-state index contributed by atoms with van der Waals surface area (Å²) in [4.78, 5) is 49.0. The van der Waals surface area contributed by atoms with E-state index < -0.39 is 23.6 Å². The van der Waals surface area contributed by atoms with Crippen LogP contribution in [0, 0.1) is 0 Å². The fourth-order valence-corrected chi connectivity index (χ4v) is 3.36. The highest BCUT2D eigenvalue weighted by Gasteiger charge is 2.45. The number of ether oxygens (including phenoxy) is 1. The lowest BCUT2D eigenvalue weighted by Crippen LogP contribution is -2.48. The van der Waals surface area contributed by atoms with E-state index in [0.717, 1.165) is 5.56 Å². The molecule has 0 bridgehead atoms. The molecule has 0 saturated heterocycles. The summed E-state index contributed by atoms with van der Waals surface area (Å²) in [6.07, 6.45) is 0. The van der Waals surface area contributed by atoms with Gasteiger partial charge in [0.05, 0.1) is 18.4 Å². The predicted molar refractivity (Wildman–Crippen MR) is 116 cm³/mol. The molecule has 1 aliphatic heterocycles. The molecule has 8 nitrogen and oxygen atoms in total.